The molecule has 0 aliphatic heterocycles. The molecule has 0 saturated carbocycles. The number of carbonyl (C=O) groups excluding carboxylic acids is 1. The summed E-state index contributed by atoms with van der Waals surface area (Å²) in [6, 6.07) is 3.50. The lowest BCUT2D eigenvalue weighted by Gasteiger charge is -2.05. The second kappa shape index (κ2) is 4.69. The fourth-order valence-electron chi connectivity index (χ4n) is 1.43. The number of hydrogen-bond acceptors (Lipinski definition) is 4. The Balaban J connectivity index is 1.84. The lowest BCUT2D eigenvalue weighted by molar-refractivity contribution is -0.122. The van der Waals surface area contributed by atoms with Gasteiger partial charge in [0.15, 0.2) is 0 Å². The molecule has 0 radical (unpaired) electrons. The number of hydrogen-bond donors (Lipinski definition) is 2. The summed E-state index contributed by atoms with van der Waals surface area (Å²) >= 11 is 0. The molecule has 0 aliphatic rings. The van der Waals surface area contributed by atoms with Gasteiger partial charge in [0.05, 0.1) is 12.2 Å². The molecule has 0 unspecified atom stereocenters. The molecule has 0 aromatic carbocycles. The van der Waals surface area contributed by atoms with E-state index in [2.05, 4.69) is 15.5 Å². The van der Waals surface area contributed by atoms with Gasteiger partial charge in [-0.15, -0.1) is 0 Å². The molecule has 90 valence electrons. The van der Waals surface area contributed by atoms with Crippen molar-refractivity contribution in [2.24, 2.45) is 7.05 Å². The highest BCUT2D eigenvalue weighted by Crippen LogP contribution is 1.97. The SMILES string of the molecule is Cn1nccc1CNC(=O)Cn1ccc(N)n1. The van der Waals surface area contributed by atoms with Crippen LogP contribution in [0.4, 0.5) is 5.82 Å². The Bertz CT molecular complexity index is 514. The summed E-state index contributed by atoms with van der Waals surface area (Å²) in [5.41, 5.74) is 6.39. The third-order valence-electron chi connectivity index (χ3n) is 2.36. The number of anilines is 1. The number of nitrogens with zero attached hydrogens (tertiary/aromatic N) is 4. The lowest BCUT2D eigenvalue weighted by atomic mass is 10.4. The fraction of sp³-hybridized carbons (Fsp3) is 0.300. The van der Waals surface area contributed by atoms with Crippen LogP contribution in [0.25, 0.3) is 0 Å². The van der Waals surface area contributed by atoms with Gasteiger partial charge in [0, 0.05) is 19.4 Å². The summed E-state index contributed by atoms with van der Waals surface area (Å²) in [5.74, 6) is 0.290. The molecule has 2 rings (SSSR count). The van der Waals surface area contributed by atoms with Crippen LogP contribution in [0.15, 0.2) is 24.5 Å². The first-order valence-corrected chi connectivity index (χ1v) is 5.17. The van der Waals surface area contributed by atoms with Gasteiger partial charge in [0.25, 0.3) is 0 Å². The number of carbonyl (C=O) groups is 1. The van der Waals surface area contributed by atoms with Crippen LogP contribution < -0.4 is 11.1 Å². The fourth-order valence-corrected chi connectivity index (χ4v) is 1.43. The van der Waals surface area contributed by atoms with Crippen LogP contribution in [0.2, 0.25) is 0 Å². The smallest absolute Gasteiger partial charge is 0.242 e. The molecule has 2 heterocycles. The first-order chi connectivity index (χ1) is 8.15. The van der Waals surface area contributed by atoms with Crippen molar-refractivity contribution < 1.29 is 4.79 Å². The Morgan fingerprint density at radius 1 is 1.53 bits per heavy atom. The molecule has 0 aliphatic carbocycles. The lowest BCUT2D eigenvalue weighted by Crippen LogP contribution is -2.28. The average Bonchev–Trinajstić information content (AvgIpc) is 2.85. The largest absolute Gasteiger partial charge is 0.382 e. The van der Waals surface area contributed by atoms with Crippen LogP contribution in [0.5, 0.6) is 0 Å². The molecule has 17 heavy (non-hydrogen) atoms. The summed E-state index contributed by atoms with van der Waals surface area (Å²) in [6.07, 6.45) is 3.36. The number of aryl methyl sites for hydroxylation is 1. The summed E-state index contributed by atoms with van der Waals surface area (Å²) in [6.45, 7) is 0.612. The highest BCUT2D eigenvalue weighted by Gasteiger charge is 2.05. The molecular formula is C10H14N6O. The second-order valence-electron chi connectivity index (χ2n) is 3.66. The molecule has 0 bridgehead atoms. The monoisotopic (exact) mass is 234 g/mol. The molecular weight excluding hydrogens is 220 g/mol. The van der Waals surface area contributed by atoms with E-state index in [-0.39, 0.29) is 12.5 Å². The van der Waals surface area contributed by atoms with Crippen molar-refractivity contribution in [3.8, 4) is 0 Å². The van der Waals surface area contributed by atoms with Gasteiger partial charge in [-0.2, -0.15) is 10.2 Å². The van der Waals surface area contributed by atoms with E-state index >= 15 is 0 Å². The molecule has 0 atom stereocenters. The third kappa shape index (κ3) is 2.83. The van der Waals surface area contributed by atoms with Crippen LogP contribution in [0.1, 0.15) is 5.69 Å². The summed E-state index contributed by atoms with van der Waals surface area (Å²) in [4.78, 5) is 11.6. The van der Waals surface area contributed by atoms with Gasteiger partial charge < -0.3 is 11.1 Å². The van der Waals surface area contributed by atoms with E-state index in [0.29, 0.717) is 12.4 Å². The van der Waals surface area contributed by atoms with Gasteiger partial charge in [0.1, 0.15) is 12.4 Å². The van der Waals surface area contributed by atoms with Gasteiger partial charge in [-0.25, -0.2) is 0 Å². The number of nitrogens with two attached hydrogens (primary N) is 1. The van der Waals surface area contributed by atoms with E-state index in [9.17, 15) is 4.79 Å². The zero-order valence-electron chi connectivity index (χ0n) is 9.50. The maximum Gasteiger partial charge on any atom is 0.242 e. The predicted octanol–water partition coefficient (Wildman–Crippen LogP) is -0.485. The highest BCUT2D eigenvalue weighted by atomic mass is 16.2. The first-order valence-electron chi connectivity index (χ1n) is 5.17. The molecule has 3 N–H and O–H groups in total. The first kappa shape index (κ1) is 11.2. The maximum atomic E-state index is 11.6. The van der Waals surface area contributed by atoms with E-state index in [1.165, 1.54) is 4.68 Å². The standard InChI is InChI=1S/C10H14N6O/c1-15-8(2-4-13-15)6-12-10(17)7-16-5-3-9(11)14-16/h2-5H,6-7H2,1H3,(H2,11,14)(H,12,17). The zero-order chi connectivity index (χ0) is 12.3. The van der Waals surface area contributed by atoms with Crippen LogP contribution in [-0.2, 0) is 24.9 Å². The minimum atomic E-state index is -0.116. The van der Waals surface area contributed by atoms with Crippen molar-refractivity contribution in [2.75, 3.05) is 5.73 Å². The van der Waals surface area contributed by atoms with Crippen LogP contribution in [0.3, 0.4) is 0 Å². The van der Waals surface area contributed by atoms with Crippen LogP contribution >= 0.6 is 0 Å². The van der Waals surface area contributed by atoms with Crippen molar-refractivity contribution in [3.63, 3.8) is 0 Å². The normalized spacial score (nSPS) is 10.4. The van der Waals surface area contributed by atoms with E-state index in [1.54, 1.807) is 23.1 Å². The minimum absolute atomic E-state index is 0.116. The van der Waals surface area contributed by atoms with E-state index in [4.69, 9.17) is 5.73 Å². The zero-order valence-corrected chi connectivity index (χ0v) is 9.50. The summed E-state index contributed by atoms with van der Waals surface area (Å²) < 4.78 is 3.21. The van der Waals surface area contributed by atoms with Crippen molar-refractivity contribution in [2.45, 2.75) is 13.1 Å². The van der Waals surface area contributed by atoms with Crippen molar-refractivity contribution >= 4 is 11.7 Å². The van der Waals surface area contributed by atoms with Crippen molar-refractivity contribution in [1.29, 1.82) is 0 Å². The number of rotatable bonds is 4. The van der Waals surface area contributed by atoms with Gasteiger partial charge in [-0.05, 0) is 12.1 Å². The quantitative estimate of drug-likeness (QED) is 0.747. The molecule has 2 aromatic rings. The Morgan fingerprint density at radius 3 is 2.94 bits per heavy atom. The summed E-state index contributed by atoms with van der Waals surface area (Å²) in [7, 11) is 1.83. The molecule has 2 aromatic heterocycles. The predicted molar refractivity (Wildman–Crippen MR) is 61.7 cm³/mol. The maximum absolute atomic E-state index is 11.6. The number of amides is 1. The van der Waals surface area contributed by atoms with Crippen molar-refractivity contribution in [1.82, 2.24) is 24.9 Å². The molecule has 0 fully saturated rings. The van der Waals surface area contributed by atoms with E-state index in [0.717, 1.165) is 5.69 Å². The molecule has 0 spiro atoms. The number of nitrogens with one attached hydrogen (secondary N) is 1. The number of nitrogen functional groups attached to an aromatic ring is 1. The van der Waals surface area contributed by atoms with Crippen LogP contribution in [0, 0.1) is 0 Å². The van der Waals surface area contributed by atoms with E-state index < -0.39 is 0 Å². The highest BCUT2D eigenvalue weighted by molar-refractivity contribution is 5.75. The van der Waals surface area contributed by atoms with Gasteiger partial charge in [0.2, 0.25) is 5.91 Å². The summed E-state index contributed by atoms with van der Waals surface area (Å²) in [5, 5.41) is 10.7. The third-order valence-corrected chi connectivity index (χ3v) is 2.36. The Hall–Kier alpha value is -2.31. The Kier molecular flexibility index (Phi) is 3.08. The van der Waals surface area contributed by atoms with Gasteiger partial charge in [-0.1, -0.05) is 0 Å². The molecule has 1 amide bonds. The molecule has 7 nitrogen and oxygen atoms in total. The average molecular weight is 234 g/mol. The molecule has 0 saturated heterocycles. The second-order valence-corrected chi connectivity index (χ2v) is 3.66. The molecule has 7 heteroatoms. The minimum Gasteiger partial charge on any atom is -0.382 e. The van der Waals surface area contributed by atoms with Gasteiger partial charge >= 0.3 is 0 Å². The number of aromatic nitrogens is 4. The Morgan fingerprint density at radius 2 is 2.35 bits per heavy atom. The van der Waals surface area contributed by atoms with Crippen LogP contribution in [-0.4, -0.2) is 25.5 Å². The van der Waals surface area contributed by atoms with E-state index in [1.807, 2.05) is 13.1 Å². The topological polar surface area (TPSA) is 90.8 Å². The van der Waals surface area contributed by atoms with Crippen molar-refractivity contribution in [3.05, 3.63) is 30.2 Å². The van der Waals surface area contributed by atoms with Gasteiger partial charge in [-0.3, -0.25) is 14.2 Å². The Labute approximate surface area is 98.2 Å².